The average molecular weight is 317 g/mol. The predicted molar refractivity (Wildman–Crippen MR) is 82.9 cm³/mol. The number of hydrogen-bond acceptors (Lipinski definition) is 5. The van der Waals surface area contributed by atoms with Crippen LogP contribution in [0.4, 0.5) is 0 Å². The monoisotopic (exact) mass is 317 g/mol. The molecule has 0 radical (unpaired) electrons. The third-order valence-electron chi connectivity index (χ3n) is 5.08. The molecule has 1 saturated heterocycles. The van der Waals surface area contributed by atoms with E-state index in [4.69, 9.17) is 9.47 Å². The van der Waals surface area contributed by atoms with Gasteiger partial charge >= 0.3 is 0 Å². The molecule has 2 aliphatic carbocycles. The fourth-order valence-corrected chi connectivity index (χ4v) is 3.68. The summed E-state index contributed by atoms with van der Waals surface area (Å²) in [4.78, 5) is 22.8. The van der Waals surface area contributed by atoms with Gasteiger partial charge in [-0.3, -0.25) is 9.78 Å². The molecule has 124 valence electrons. The Morgan fingerprint density at radius 2 is 2.13 bits per heavy atom. The largest absolute Gasteiger partial charge is 0.381 e. The van der Waals surface area contributed by atoms with E-state index in [1.165, 1.54) is 19.0 Å². The molecule has 0 spiro atoms. The predicted octanol–water partition coefficient (Wildman–Crippen LogP) is 1.52. The van der Waals surface area contributed by atoms with Crippen molar-refractivity contribution in [2.24, 2.45) is 11.8 Å². The molecule has 3 aliphatic rings. The summed E-state index contributed by atoms with van der Waals surface area (Å²) in [5.74, 6) is 1.25. The van der Waals surface area contributed by atoms with Gasteiger partial charge in [0, 0.05) is 32.2 Å². The van der Waals surface area contributed by atoms with Gasteiger partial charge in [0.1, 0.15) is 5.69 Å². The number of carbonyl (C=O) groups is 1. The summed E-state index contributed by atoms with van der Waals surface area (Å²) >= 11 is 0. The zero-order valence-corrected chi connectivity index (χ0v) is 13.3. The van der Waals surface area contributed by atoms with E-state index in [0.29, 0.717) is 24.8 Å². The number of fused-ring (bicyclic) bond motifs is 1. The van der Waals surface area contributed by atoms with Crippen molar-refractivity contribution in [3.05, 3.63) is 24.3 Å². The van der Waals surface area contributed by atoms with Crippen LogP contribution in [0.2, 0.25) is 0 Å². The minimum Gasteiger partial charge on any atom is -0.381 e. The maximum Gasteiger partial charge on any atom is 0.274 e. The first-order chi connectivity index (χ1) is 11.3. The first kappa shape index (κ1) is 15.0. The topological polar surface area (TPSA) is 64.6 Å². The van der Waals surface area contributed by atoms with E-state index in [0.717, 1.165) is 32.0 Å². The lowest BCUT2D eigenvalue weighted by Gasteiger charge is -2.37. The highest BCUT2D eigenvalue weighted by Gasteiger charge is 2.43. The molecule has 6 heteroatoms. The smallest absolute Gasteiger partial charge is 0.274 e. The van der Waals surface area contributed by atoms with Crippen molar-refractivity contribution >= 4 is 5.91 Å². The Balaban J connectivity index is 1.38. The Labute approximate surface area is 136 Å². The van der Waals surface area contributed by atoms with Crippen LogP contribution in [0.25, 0.3) is 0 Å². The summed E-state index contributed by atoms with van der Waals surface area (Å²) in [7, 11) is 0. The summed E-state index contributed by atoms with van der Waals surface area (Å²) < 4.78 is 11.7. The van der Waals surface area contributed by atoms with Gasteiger partial charge in [-0.05, 0) is 37.5 Å². The summed E-state index contributed by atoms with van der Waals surface area (Å²) in [6.07, 6.45) is 9.41. The zero-order chi connectivity index (χ0) is 15.6. The molecule has 2 heterocycles. The first-order valence-corrected chi connectivity index (χ1v) is 8.57. The maximum absolute atomic E-state index is 12.7. The number of amides is 1. The van der Waals surface area contributed by atoms with E-state index in [1.54, 1.807) is 12.4 Å². The van der Waals surface area contributed by atoms with Crippen molar-refractivity contribution < 1.29 is 14.3 Å². The molecular formula is C17H23N3O3. The third-order valence-corrected chi connectivity index (χ3v) is 5.08. The molecule has 2 saturated carbocycles. The molecule has 1 aromatic heterocycles. The number of aromatic nitrogens is 2. The van der Waals surface area contributed by atoms with Crippen molar-refractivity contribution in [3.8, 4) is 0 Å². The molecule has 1 aliphatic heterocycles. The van der Waals surface area contributed by atoms with Gasteiger partial charge in [-0.2, -0.15) is 0 Å². The van der Waals surface area contributed by atoms with E-state index in [9.17, 15) is 4.79 Å². The number of morpholine rings is 1. The molecule has 1 amide bonds. The van der Waals surface area contributed by atoms with Crippen LogP contribution in [0.5, 0.6) is 0 Å². The fourth-order valence-electron chi connectivity index (χ4n) is 3.68. The van der Waals surface area contributed by atoms with Crippen molar-refractivity contribution in [3.63, 3.8) is 0 Å². The molecule has 0 N–H and O–H groups in total. The van der Waals surface area contributed by atoms with Crippen LogP contribution < -0.4 is 0 Å². The Morgan fingerprint density at radius 3 is 2.91 bits per heavy atom. The van der Waals surface area contributed by atoms with E-state index < -0.39 is 0 Å². The highest BCUT2D eigenvalue weighted by molar-refractivity contribution is 5.92. The number of hydrogen-bond donors (Lipinski definition) is 0. The normalized spacial score (nSPS) is 30.3. The van der Waals surface area contributed by atoms with E-state index >= 15 is 0 Å². The van der Waals surface area contributed by atoms with Gasteiger partial charge in [-0.25, -0.2) is 4.98 Å². The van der Waals surface area contributed by atoms with Crippen LogP contribution in [-0.4, -0.2) is 59.3 Å². The molecule has 0 bridgehead atoms. The summed E-state index contributed by atoms with van der Waals surface area (Å²) in [5, 5.41) is 0. The second-order valence-corrected chi connectivity index (χ2v) is 6.88. The van der Waals surface area contributed by atoms with Crippen LogP contribution >= 0.6 is 0 Å². The van der Waals surface area contributed by atoms with Crippen molar-refractivity contribution in [1.29, 1.82) is 0 Å². The zero-order valence-electron chi connectivity index (χ0n) is 13.3. The summed E-state index contributed by atoms with van der Waals surface area (Å²) in [6.45, 7) is 2.92. The quantitative estimate of drug-likeness (QED) is 0.824. The van der Waals surface area contributed by atoms with Gasteiger partial charge in [0.2, 0.25) is 0 Å². The molecule has 6 nitrogen and oxygen atoms in total. The van der Waals surface area contributed by atoms with Crippen LogP contribution in [0.15, 0.2) is 18.6 Å². The van der Waals surface area contributed by atoms with Gasteiger partial charge in [-0.1, -0.05) is 0 Å². The minimum atomic E-state index is -0.0315. The van der Waals surface area contributed by atoms with Crippen molar-refractivity contribution in [2.45, 2.75) is 37.8 Å². The third kappa shape index (κ3) is 3.38. The standard InChI is InChI=1S/C17H23N3O3/c21-17(14-9-18-3-4-19-14)20-5-6-23-16-8-13(7-15(16)20)11-22-10-12-1-2-12/h3-4,9,12-13,15-16H,1-2,5-8,10-11H2. The van der Waals surface area contributed by atoms with Crippen molar-refractivity contribution in [2.75, 3.05) is 26.4 Å². The summed E-state index contributed by atoms with van der Waals surface area (Å²) in [5.41, 5.74) is 0.418. The molecule has 3 fully saturated rings. The molecule has 4 rings (SSSR count). The highest BCUT2D eigenvalue weighted by Crippen LogP contribution is 2.35. The molecular weight excluding hydrogens is 294 g/mol. The van der Waals surface area contributed by atoms with Gasteiger partial charge in [0.05, 0.1) is 24.9 Å². The van der Waals surface area contributed by atoms with Crippen LogP contribution in [0.3, 0.4) is 0 Å². The molecule has 23 heavy (non-hydrogen) atoms. The second-order valence-electron chi connectivity index (χ2n) is 6.88. The Hall–Kier alpha value is -1.53. The van der Waals surface area contributed by atoms with Crippen LogP contribution in [0.1, 0.15) is 36.2 Å². The highest BCUT2D eigenvalue weighted by atomic mass is 16.5. The molecule has 3 atom stereocenters. The first-order valence-electron chi connectivity index (χ1n) is 8.57. The van der Waals surface area contributed by atoms with Gasteiger partial charge in [0.15, 0.2) is 0 Å². The Morgan fingerprint density at radius 1 is 1.26 bits per heavy atom. The minimum absolute atomic E-state index is 0.0315. The Bertz CT molecular complexity index is 549. The molecule has 0 aromatic carbocycles. The fraction of sp³-hybridized carbons (Fsp3) is 0.706. The molecule has 1 aromatic rings. The lowest BCUT2D eigenvalue weighted by Crippen LogP contribution is -2.51. The van der Waals surface area contributed by atoms with E-state index in [-0.39, 0.29) is 18.1 Å². The number of carbonyl (C=O) groups excluding carboxylic acids is 1. The Kier molecular flexibility index (Phi) is 4.27. The van der Waals surface area contributed by atoms with E-state index in [1.807, 2.05) is 4.90 Å². The van der Waals surface area contributed by atoms with Gasteiger partial charge < -0.3 is 14.4 Å². The number of ether oxygens (including phenoxy) is 2. The maximum atomic E-state index is 12.7. The second kappa shape index (κ2) is 6.53. The number of rotatable bonds is 5. The lowest BCUT2D eigenvalue weighted by molar-refractivity contribution is -0.0452. The SMILES string of the molecule is O=C(c1cnccn1)N1CCOC2CC(COCC3CC3)CC21. The lowest BCUT2D eigenvalue weighted by atomic mass is 10.1. The van der Waals surface area contributed by atoms with Crippen LogP contribution in [0, 0.1) is 11.8 Å². The van der Waals surface area contributed by atoms with E-state index in [2.05, 4.69) is 9.97 Å². The number of nitrogens with zero attached hydrogens (tertiary/aromatic N) is 3. The van der Waals surface area contributed by atoms with Crippen LogP contribution in [-0.2, 0) is 9.47 Å². The van der Waals surface area contributed by atoms with Gasteiger partial charge in [0.25, 0.3) is 5.91 Å². The average Bonchev–Trinajstić information content (AvgIpc) is 3.31. The van der Waals surface area contributed by atoms with Crippen molar-refractivity contribution in [1.82, 2.24) is 14.9 Å². The summed E-state index contributed by atoms with van der Waals surface area (Å²) in [6, 6.07) is 0.146. The molecule has 3 unspecified atom stereocenters. The van der Waals surface area contributed by atoms with Gasteiger partial charge in [-0.15, -0.1) is 0 Å².